The lowest BCUT2D eigenvalue weighted by molar-refractivity contribution is 1.02. The molecule has 3 aromatic carbocycles. The molecule has 25 heavy (non-hydrogen) atoms. The molecule has 0 aliphatic heterocycles. The highest BCUT2D eigenvalue weighted by Crippen LogP contribution is 2.23. The first-order chi connectivity index (χ1) is 12.3. The van der Waals surface area contributed by atoms with E-state index in [9.17, 15) is 0 Å². The van der Waals surface area contributed by atoms with Gasteiger partial charge in [-0.05, 0) is 36.8 Å². The van der Waals surface area contributed by atoms with E-state index in [1.165, 1.54) is 16.0 Å². The van der Waals surface area contributed by atoms with Crippen LogP contribution in [0.2, 0.25) is 0 Å². The Morgan fingerprint density at radius 1 is 0.800 bits per heavy atom. The fraction of sp³-hybridized carbons (Fsp3) is 0.182. The Balaban J connectivity index is 0.000000269. The van der Waals surface area contributed by atoms with Crippen LogP contribution < -0.4 is 11.1 Å². The molecule has 0 bridgehead atoms. The molecule has 3 N–H and O–H groups in total. The predicted octanol–water partition coefficient (Wildman–Crippen LogP) is 5.34. The number of aryl methyl sites for hydroxylation is 1. The Kier molecular flexibility index (Phi) is 8.67. The van der Waals surface area contributed by atoms with Crippen molar-refractivity contribution in [1.82, 2.24) is 0 Å². The Morgan fingerprint density at radius 3 is 1.92 bits per heavy atom. The van der Waals surface area contributed by atoms with Crippen molar-refractivity contribution in [2.75, 3.05) is 18.4 Å². The molecule has 3 heteroatoms. The summed E-state index contributed by atoms with van der Waals surface area (Å²) in [5.74, 6) is 1.01. The number of rotatable bonds is 6. The van der Waals surface area contributed by atoms with Gasteiger partial charge in [0.05, 0.1) is 0 Å². The topological polar surface area (TPSA) is 38.0 Å². The van der Waals surface area contributed by atoms with Gasteiger partial charge < -0.3 is 11.1 Å². The van der Waals surface area contributed by atoms with E-state index in [4.69, 9.17) is 5.73 Å². The Morgan fingerprint density at radius 2 is 1.40 bits per heavy atom. The smallest absolute Gasteiger partial charge is 0.0341 e. The number of anilines is 1. The average Bonchev–Trinajstić information content (AvgIpc) is 2.67. The normalized spacial score (nSPS) is 9.84. The molecule has 0 saturated carbocycles. The van der Waals surface area contributed by atoms with E-state index in [1.807, 2.05) is 36.0 Å². The van der Waals surface area contributed by atoms with Gasteiger partial charge in [-0.15, -0.1) is 11.8 Å². The van der Waals surface area contributed by atoms with Gasteiger partial charge in [-0.1, -0.05) is 66.2 Å². The van der Waals surface area contributed by atoms with Gasteiger partial charge in [0.2, 0.25) is 0 Å². The molecule has 0 fully saturated rings. The molecule has 0 atom stereocenters. The summed E-state index contributed by atoms with van der Waals surface area (Å²) in [6, 6.07) is 29.3. The summed E-state index contributed by atoms with van der Waals surface area (Å²) in [6.45, 7) is 3.56. The van der Waals surface area contributed by atoms with Crippen LogP contribution in [0.15, 0.2) is 89.8 Å². The van der Waals surface area contributed by atoms with Gasteiger partial charge in [-0.25, -0.2) is 0 Å². The van der Waals surface area contributed by atoms with E-state index in [-0.39, 0.29) is 0 Å². The Bertz CT molecular complexity index is 697. The zero-order valence-corrected chi connectivity index (χ0v) is 15.5. The lowest BCUT2D eigenvalue weighted by Crippen LogP contribution is -2.12. The summed E-state index contributed by atoms with van der Waals surface area (Å²) >= 11 is 1.85. The second-order valence-electron chi connectivity index (χ2n) is 5.67. The zero-order chi connectivity index (χ0) is 17.7. The molecular weight excluding hydrogens is 324 g/mol. The van der Waals surface area contributed by atoms with E-state index in [1.54, 1.807) is 0 Å². The van der Waals surface area contributed by atoms with Gasteiger partial charge in [0.1, 0.15) is 0 Å². The number of hydrogen-bond donors (Lipinski definition) is 2. The molecule has 0 radical (unpaired) electrons. The first-order valence-corrected chi connectivity index (χ1v) is 9.49. The van der Waals surface area contributed by atoms with Crippen molar-refractivity contribution in [3.05, 3.63) is 96.1 Å². The van der Waals surface area contributed by atoms with Crippen molar-refractivity contribution in [2.24, 2.45) is 5.73 Å². The van der Waals surface area contributed by atoms with Gasteiger partial charge in [-0.3, -0.25) is 0 Å². The third-order valence-corrected chi connectivity index (χ3v) is 4.60. The molecule has 0 aliphatic rings. The van der Waals surface area contributed by atoms with E-state index >= 15 is 0 Å². The van der Waals surface area contributed by atoms with Gasteiger partial charge in [0, 0.05) is 29.4 Å². The molecule has 2 nitrogen and oxygen atoms in total. The van der Waals surface area contributed by atoms with E-state index < -0.39 is 0 Å². The first-order valence-electron chi connectivity index (χ1n) is 8.50. The summed E-state index contributed by atoms with van der Waals surface area (Å²) in [4.78, 5) is 1.29. The molecule has 0 unspecified atom stereocenters. The summed E-state index contributed by atoms with van der Waals surface area (Å²) in [5, 5.41) is 3.26. The Hall–Kier alpha value is -2.23. The molecule has 0 spiro atoms. The standard InChI is InChI=1S/C15H18N2S.C7H8/c16-10-11-17-14-6-8-15(9-7-14)18-12-13-4-2-1-3-5-13;1-7-5-3-2-4-6-7/h1-9,17H,10-12,16H2;2-6H,1H3. The third kappa shape index (κ3) is 7.92. The number of nitrogens with one attached hydrogen (secondary N) is 1. The molecular formula is C22H26N2S. The molecule has 0 amide bonds. The van der Waals surface area contributed by atoms with Crippen molar-refractivity contribution < 1.29 is 0 Å². The molecule has 0 aromatic heterocycles. The number of nitrogens with two attached hydrogens (primary N) is 1. The second kappa shape index (κ2) is 11.3. The maximum Gasteiger partial charge on any atom is 0.0341 e. The minimum absolute atomic E-state index is 0.657. The highest BCUT2D eigenvalue weighted by Gasteiger charge is 1.96. The highest BCUT2D eigenvalue weighted by atomic mass is 32.2. The summed E-state index contributed by atoms with van der Waals surface area (Å²) in [7, 11) is 0. The van der Waals surface area contributed by atoms with Crippen LogP contribution in [0.1, 0.15) is 11.1 Å². The molecule has 0 heterocycles. The average molecular weight is 351 g/mol. The van der Waals surface area contributed by atoms with Crippen LogP contribution in [0.4, 0.5) is 5.69 Å². The lowest BCUT2D eigenvalue weighted by Gasteiger charge is -2.06. The van der Waals surface area contributed by atoms with Crippen molar-refractivity contribution in [3.63, 3.8) is 0 Å². The minimum Gasteiger partial charge on any atom is -0.384 e. The van der Waals surface area contributed by atoms with Crippen LogP contribution in [0.25, 0.3) is 0 Å². The van der Waals surface area contributed by atoms with Crippen molar-refractivity contribution in [2.45, 2.75) is 17.6 Å². The van der Waals surface area contributed by atoms with Crippen molar-refractivity contribution >= 4 is 17.4 Å². The monoisotopic (exact) mass is 350 g/mol. The van der Waals surface area contributed by atoms with E-state index in [2.05, 4.69) is 72.9 Å². The summed E-state index contributed by atoms with van der Waals surface area (Å²) < 4.78 is 0. The number of benzene rings is 3. The van der Waals surface area contributed by atoms with Crippen LogP contribution in [0.5, 0.6) is 0 Å². The van der Waals surface area contributed by atoms with Crippen LogP contribution in [-0.2, 0) is 5.75 Å². The fourth-order valence-corrected chi connectivity index (χ4v) is 3.02. The SMILES string of the molecule is Cc1ccccc1.NCCNc1ccc(SCc2ccccc2)cc1. The second-order valence-corrected chi connectivity index (χ2v) is 6.72. The van der Waals surface area contributed by atoms with Crippen LogP contribution in [-0.4, -0.2) is 13.1 Å². The van der Waals surface area contributed by atoms with E-state index in [0.717, 1.165) is 18.0 Å². The van der Waals surface area contributed by atoms with Gasteiger partial charge in [0.15, 0.2) is 0 Å². The maximum absolute atomic E-state index is 5.45. The summed E-state index contributed by atoms with van der Waals surface area (Å²) in [5.41, 5.74) is 9.26. The zero-order valence-electron chi connectivity index (χ0n) is 14.7. The largest absolute Gasteiger partial charge is 0.384 e. The Labute approximate surface area is 155 Å². The predicted molar refractivity (Wildman–Crippen MR) is 111 cm³/mol. The van der Waals surface area contributed by atoms with Crippen LogP contribution >= 0.6 is 11.8 Å². The van der Waals surface area contributed by atoms with Gasteiger partial charge >= 0.3 is 0 Å². The quantitative estimate of drug-likeness (QED) is 0.589. The molecule has 3 aromatic rings. The van der Waals surface area contributed by atoms with Crippen molar-refractivity contribution in [1.29, 1.82) is 0 Å². The first kappa shape index (κ1) is 19.1. The fourth-order valence-electron chi connectivity index (χ4n) is 2.16. The van der Waals surface area contributed by atoms with Gasteiger partial charge in [-0.2, -0.15) is 0 Å². The molecule has 3 rings (SSSR count). The number of thioether (sulfide) groups is 1. The van der Waals surface area contributed by atoms with Crippen LogP contribution in [0, 0.1) is 6.92 Å². The molecule has 0 saturated heterocycles. The van der Waals surface area contributed by atoms with Crippen LogP contribution in [0.3, 0.4) is 0 Å². The summed E-state index contributed by atoms with van der Waals surface area (Å²) in [6.07, 6.45) is 0. The lowest BCUT2D eigenvalue weighted by atomic mass is 10.2. The minimum atomic E-state index is 0.657. The van der Waals surface area contributed by atoms with E-state index in [0.29, 0.717) is 6.54 Å². The van der Waals surface area contributed by atoms with Gasteiger partial charge in [0.25, 0.3) is 0 Å². The molecule has 130 valence electrons. The highest BCUT2D eigenvalue weighted by molar-refractivity contribution is 7.98. The maximum atomic E-state index is 5.45. The van der Waals surface area contributed by atoms with Crippen molar-refractivity contribution in [3.8, 4) is 0 Å². The third-order valence-electron chi connectivity index (χ3n) is 3.52. The molecule has 0 aliphatic carbocycles. The number of hydrogen-bond acceptors (Lipinski definition) is 3.